The van der Waals surface area contributed by atoms with Crippen molar-refractivity contribution in [3.63, 3.8) is 0 Å². The molecule has 0 bridgehead atoms. The molecule has 6 heteroatoms. The molecule has 2 aliphatic heterocycles. The van der Waals surface area contributed by atoms with Crippen LogP contribution in [-0.2, 0) is 17.7 Å². The molecule has 0 spiro atoms. The fourth-order valence-electron chi connectivity index (χ4n) is 3.08. The number of aromatic nitrogens is 1. The van der Waals surface area contributed by atoms with E-state index >= 15 is 0 Å². The summed E-state index contributed by atoms with van der Waals surface area (Å²) in [6, 6.07) is 0. The minimum atomic E-state index is 0.00200. The van der Waals surface area contributed by atoms with Gasteiger partial charge in [0, 0.05) is 51.7 Å². The molecule has 0 aromatic carbocycles. The van der Waals surface area contributed by atoms with Crippen LogP contribution >= 0.6 is 0 Å². The maximum Gasteiger partial charge on any atom is 0.253 e. The second kappa shape index (κ2) is 7.17. The number of hydrogen-bond acceptors (Lipinski definition) is 5. The molecule has 1 aromatic rings. The van der Waals surface area contributed by atoms with E-state index in [2.05, 4.69) is 27.1 Å². The van der Waals surface area contributed by atoms with Crippen molar-refractivity contribution in [3.05, 3.63) is 29.1 Å². The van der Waals surface area contributed by atoms with Gasteiger partial charge in [-0.2, -0.15) is 0 Å². The zero-order valence-corrected chi connectivity index (χ0v) is 13.2. The molecular formula is C16H24N4O2. The van der Waals surface area contributed by atoms with Gasteiger partial charge in [0.05, 0.1) is 18.8 Å². The van der Waals surface area contributed by atoms with E-state index in [1.807, 2.05) is 6.20 Å². The minimum Gasteiger partial charge on any atom is -0.379 e. The van der Waals surface area contributed by atoms with Crippen molar-refractivity contribution in [2.75, 3.05) is 53.0 Å². The molecule has 1 saturated heterocycles. The van der Waals surface area contributed by atoms with E-state index in [0.29, 0.717) is 6.54 Å². The van der Waals surface area contributed by atoms with Crippen LogP contribution in [0.15, 0.2) is 12.4 Å². The van der Waals surface area contributed by atoms with Crippen LogP contribution in [0.4, 0.5) is 0 Å². The molecule has 0 saturated carbocycles. The van der Waals surface area contributed by atoms with Gasteiger partial charge < -0.3 is 15.0 Å². The maximum absolute atomic E-state index is 12.4. The number of nitrogens with zero attached hydrogens (tertiary/aromatic N) is 3. The number of pyridine rings is 1. The molecule has 1 aromatic heterocycles. The molecule has 3 rings (SSSR count). The number of nitrogens with one attached hydrogen (secondary N) is 1. The van der Waals surface area contributed by atoms with Gasteiger partial charge in [-0.15, -0.1) is 0 Å². The molecule has 0 unspecified atom stereocenters. The summed E-state index contributed by atoms with van der Waals surface area (Å²) in [6.07, 6.45) is 4.50. The van der Waals surface area contributed by atoms with Crippen molar-refractivity contribution >= 4 is 5.91 Å². The average Bonchev–Trinajstić information content (AvgIpc) is 2.55. The lowest BCUT2D eigenvalue weighted by Gasteiger charge is -2.27. The van der Waals surface area contributed by atoms with Crippen molar-refractivity contribution in [3.8, 4) is 0 Å². The predicted molar refractivity (Wildman–Crippen MR) is 83.9 cm³/mol. The predicted octanol–water partition coefficient (Wildman–Crippen LogP) is 0.132. The summed E-state index contributed by atoms with van der Waals surface area (Å²) in [4.78, 5) is 21.2. The molecule has 3 heterocycles. The first kappa shape index (κ1) is 15.4. The molecule has 6 nitrogen and oxygen atoms in total. The van der Waals surface area contributed by atoms with Crippen LogP contribution in [0.5, 0.6) is 0 Å². The van der Waals surface area contributed by atoms with E-state index in [4.69, 9.17) is 4.74 Å². The topological polar surface area (TPSA) is 57.7 Å². The zero-order valence-electron chi connectivity index (χ0n) is 13.2. The molecule has 1 fully saturated rings. The molecule has 22 heavy (non-hydrogen) atoms. The lowest BCUT2D eigenvalue weighted by atomic mass is 9.97. The SMILES string of the molecule is CN1CCc2c(cncc2C(=O)NCCN2CCOCC2)C1. The number of likely N-dealkylation sites (N-methyl/N-ethyl adjacent to an activating group) is 1. The van der Waals surface area contributed by atoms with Gasteiger partial charge >= 0.3 is 0 Å². The van der Waals surface area contributed by atoms with Crippen LogP contribution in [0.1, 0.15) is 21.5 Å². The molecule has 0 atom stereocenters. The standard InChI is InChI=1S/C16H24N4O2/c1-19-4-2-14-13(12-19)10-17-11-15(14)16(21)18-3-5-20-6-8-22-9-7-20/h10-11H,2-9,12H2,1H3,(H,18,21). The Hall–Kier alpha value is -1.50. The van der Waals surface area contributed by atoms with Crippen LogP contribution in [0.2, 0.25) is 0 Å². The van der Waals surface area contributed by atoms with Crippen LogP contribution in [0, 0.1) is 0 Å². The Morgan fingerprint density at radius 1 is 1.32 bits per heavy atom. The Balaban J connectivity index is 1.57. The van der Waals surface area contributed by atoms with Crippen molar-refractivity contribution < 1.29 is 9.53 Å². The molecule has 120 valence electrons. The Bertz CT molecular complexity index is 529. The maximum atomic E-state index is 12.4. The highest BCUT2D eigenvalue weighted by Crippen LogP contribution is 2.20. The Labute approximate surface area is 131 Å². The summed E-state index contributed by atoms with van der Waals surface area (Å²) >= 11 is 0. The molecule has 1 N–H and O–H groups in total. The van der Waals surface area contributed by atoms with E-state index in [0.717, 1.165) is 63.5 Å². The first-order valence-corrected chi connectivity index (χ1v) is 7.96. The number of morpholine rings is 1. The number of carbonyl (C=O) groups excluding carboxylic acids is 1. The van der Waals surface area contributed by atoms with Crippen molar-refractivity contribution in [1.29, 1.82) is 0 Å². The van der Waals surface area contributed by atoms with E-state index in [-0.39, 0.29) is 5.91 Å². The van der Waals surface area contributed by atoms with Gasteiger partial charge in [-0.1, -0.05) is 0 Å². The summed E-state index contributed by atoms with van der Waals surface area (Å²) in [5, 5.41) is 3.03. The van der Waals surface area contributed by atoms with Crippen molar-refractivity contribution in [2.24, 2.45) is 0 Å². The quantitative estimate of drug-likeness (QED) is 0.857. The summed E-state index contributed by atoms with van der Waals surface area (Å²) in [6.45, 7) is 6.88. The Morgan fingerprint density at radius 2 is 2.14 bits per heavy atom. The van der Waals surface area contributed by atoms with Gasteiger partial charge in [-0.25, -0.2) is 0 Å². The summed E-state index contributed by atoms with van der Waals surface area (Å²) in [5.41, 5.74) is 3.08. The molecule has 0 aliphatic carbocycles. The van der Waals surface area contributed by atoms with Gasteiger partial charge in [-0.3, -0.25) is 14.7 Å². The van der Waals surface area contributed by atoms with Gasteiger partial charge in [0.15, 0.2) is 0 Å². The van der Waals surface area contributed by atoms with E-state index in [1.165, 1.54) is 5.56 Å². The van der Waals surface area contributed by atoms with Crippen LogP contribution in [0.25, 0.3) is 0 Å². The third kappa shape index (κ3) is 3.63. The first-order chi connectivity index (χ1) is 10.7. The second-order valence-corrected chi connectivity index (χ2v) is 6.02. The third-order valence-electron chi connectivity index (χ3n) is 4.39. The minimum absolute atomic E-state index is 0.00200. The van der Waals surface area contributed by atoms with Gasteiger partial charge in [0.25, 0.3) is 5.91 Å². The zero-order chi connectivity index (χ0) is 15.4. The van der Waals surface area contributed by atoms with Crippen LogP contribution in [-0.4, -0.2) is 73.7 Å². The summed E-state index contributed by atoms with van der Waals surface area (Å²) in [5.74, 6) is 0.00200. The van der Waals surface area contributed by atoms with Gasteiger partial charge in [0.1, 0.15) is 0 Å². The fourth-order valence-corrected chi connectivity index (χ4v) is 3.08. The average molecular weight is 304 g/mol. The normalized spacial score (nSPS) is 19.7. The highest BCUT2D eigenvalue weighted by atomic mass is 16.5. The highest BCUT2D eigenvalue weighted by molar-refractivity contribution is 5.95. The molecule has 1 amide bonds. The Kier molecular flexibility index (Phi) is 5.02. The first-order valence-electron chi connectivity index (χ1n) is 7.96. The van der Waals surface area contributed by atoms with E-state index in [9.17, 15) is 4.79 Å². The lowest BCUT2D eigenvalue weighted by molar-refractivity contribution is 0.0383. The van der Waals surface area contributed by atoms with Crippen LogP contribution < -0.4 is 5.32 Å². The summed E-state index contributed by atoms with van der Waals surface area (Å²) < 4.78 is 5.33. The van der Waals surface area contributed by atoms with E-state index < -0.39 is 0 Å². The number of amides is 1. The molecule has 0 radical (unpaired) electrons. The van der Waals surface area contributed by atoms with Crippen molar-refractivity contribution in [1.82, 2.24) is 20.1 Å². The Morgan fingerprint density at radius 3 is 2.95 bits per heavy atom. The van der Waals surface area contributed by atoms with Gasteiger partial charge in [-0.05, 0) is 24.6 Å². The van der Waals surface area contributed by atoms with Crippen molar-refractivity contribution in [2.45, 2.75) is 13.0 Å². The lowest BCUT2D eigenvalue weighted by Crippen LogP contribution is -2.41. The number of carbonyl (C=O) groups is 1. The fraction of sp³-hybridized carbons (Fsp3) is 0.625. The smallest absolute Gasteiger partial charge is 0.253 e. The van der Waals surface area contributed by atoms with Crippen LogP contribution in [0.3, 0.4) is 0 Å². The third-order valence-corrected chi connectivity index (χ3v) is 4.39. The number of rotatable bonds is 4. The summed E-state index contributed by atoms with van der Waals surface area (Å²) in [7, 11) is 2.10. The largest absolute Gasteiger partial charge is 0.379 e. The highest BCUT2D eigenvalue weighted by Gasteiger charge is 2.20. The molecule has 2 aliphatic rings. The molecular weight excluding hydrogens is 280 g/mol. The number of hydrogen-bond donors (Lipinski definition) is 1. The number of ether oxygens (including phenoxy) is 1. The monoisotopic (exact) mass is 304 g/mol. The van der Waals surface area contributed by atoms with E-state index in [1.54, 1.807) is 6.20 Å². The second-order valence-electron chi connectivity index (χ2n) is 6.02. The van der Waals surface area contributed by atoms with Gasteiger partial charge in [0.2, 0.25) is 0 Å². The number of fused-ring (bicyclic) bond motifs is 1.